The van der Waals surface area contributed by atoms with Gasteiger partial charge in [0.25, 0.3) is 6.47 Å². The molecule has 3 aliphatic rings. The number of hydrogen-bond donors (Lipinski definition) is 1. The van der Waals surface area contributed by atoms with Crippen LogP contribution in [-0.4, -0.2) is 70.8 Å². The molecule has 4 aromatic rings. The van der Waals surface area contributed by atoms with Crippen molar-refractivity contribution in [1.29, 1.82) is 0 Å². The molecule has 0 saturated carbocycles. The van der Waals surface area contributed by atoms with Gasteiger partial charge in [0.15, 0.2) is 5.65 Å². The number of nitrogens with zero attached hydrogens (tertiary/aromatic N) is 4. The van der Waals surface area contributed by atoms with Gasteiger partial charge in [-0.05, 0) is 91.0 Å². The van der Waals surface area contributed by atoms with E-state index in [4.69, 9.17) is 29.5 Å². The molecule has 0 radical (unpaired) electrons. The lowest BCUT2D eigenvalue weighted by Gasteiger charge is -2.40. The predicted molar refractivity (Wildman–Crippen MR) is 193 cm³/mol. The molecular formula is C39H52N4O5. The van der Waals surface area contributed by atoms with Crippen LogP contribution >= 0.6 is 0 Å². The van der Waals surface area contributed by atoms with Gasteiger partial charge in [-0.3, -0.25) is 4.79 Å². The minimum Gasteiger partial charge on any atom is -0.493 e. The first-order chi connectivity index (χ1) is 22.9. The highest BCUT2D eigenvalue weighted by atomic mass is 16.5. The lowest BCUT2D eigenvalue weighted by molar-refractivity contribution is -0.126. The fourth-order valence-electron chi connectivity index (χ4n) is 5.86. The molecule has 9 heteroatoms. The molecule has 258 valence electrons. The van der Waals surface area contributed by atoms with Crippen LogP contribution in [0, 0.1) is 13.8 Å². The third-order valence-corrected chi connectivity index (χ3v) is 8.29. The first kappa shape index (κ1) is 36.6. The van der Waals surface area contributed by atoms with Crippen LogP contribution in [0.1, 0.15) is 70.7 Å². The Kier molecular flexibility index (Phi) is 12.4. The van der Waals surface area contributed by atoms with Crippen LogP contribution in [-0.2, 0) is 20.7 Å². The highest BCUT2D eigenvalue weighted by Gasteiger charge is 2.33. The number of benzene rings is 2. The summed E-state index contributed by atoms with van der Waals surface area (Å²) in [7, 11) is 1.31. The van der Waals surface area contributed by atoms with Crippen molar-refractivity contribution in [3.8, 4) is 28.1 Å². The van der Waals surface area contributed by atoms with Crippen molar-refractivity contribution in [3.63, 3.8) is 0 Å². The zero-order valence-corrected chi connectivity index (χ0v) is 29.9. The van der Waals surface area contributed by atoms with E-state index in [2.05, 4.69) is 103 Å². The molecule has 3 aliphatic heterocycles. The number of methoxy groups -OCH3 is 1. The van der Waals surface area contributed by atoms with E-state index >= 15 is 0 Å². The molecule has 9 nitrogen and oxygen atoms in total. The molecular weight excluding hydrogens is 604 g/mol. The SMILES string of the molecule is CC(C)(C)O.CCc1c(C)nc2cc3nn2c1N1CCC(C)(CC1)OC/C=C\CCOc1ccc(C)cc1-c1cccc-3c1.COC=O. The Bertz CT molecular complexity index is 1690. The van der Waals surface area contributed by atoms with E-state index in [-0.39, 0.29) is 5.60 Å². The maximum atomic E-state index is 8.95. The topological polar surface area (TPSA) is 98.4 Å². The molecule has 1 fully saturated rings. The van der Waals surface area contributed by atoms with E-state index in [1.165, 1.54) is 24.1 Å². The van der Waals surface area contributed by atoms with E-state index in [0.717, 1.165) is 78.2 Å². The fraction of sp³-hybridized carbons (Fsp3) is 0.462. The monoisotopic (exact) mass is 656 g/mol. The Balaban J connectivity index is 0.000000515. The van der Waals surface area contributed by atoms with Gasteiger partial charge in [-0.2, -0.15) is 9.61 Å². The molecule has 1 saturated heterocycles. The van der Waals surface area contributed by atoms with E-state index in [9.17, 15) is 0 Å². The first-order valence-electron chi connectivity index (χ1n) is 16.8. The number of carbonyl (C=O) groups is 1. The van der Waals surface area contributed by atoms with Gasteiger partial charge in [0.05, 0.1) is 37.2 Å². The van der Waals surface area contributed by atoms with Crippen LogP contribution in [0.3, 0.4) is 0 Å². The average molecular weight is 657 g/mol. The maximum Gasteiger partial charge on any atom is 0.292 e. The second kappa shape index (κ2) is 16.3. The molecule has 0 unspecified atom stereocenters. The summed E-state index contributed by atoms with van der Waals surface area (Å²) in [6, 6.07) is 17.1. The standard InChI is InChI=1S/C33H38N4O2.C4H10O.C2H4O2/c1-5-27-24(3)34-31-22-29-26-11-9-10-25(21-26)28-20-23(2)12-13-30(28)38-18-7-6-8-19-39-33(4)14-16-36(17-15-33)32(27)37(31)35-29;1-4(2,3)5;1-4-2-3/h6,8-13,20-22H,5,7,14-19H2,1-4H3;5H,1-3H3;2H,1H3/b8-6-;;. The highest BCUT2D eigenvalue weighted by Crippen LogP contribution is 2.36. The molecule has 0 aliphatic carbocycles. The van der Waals surface area contributed by atoms with Gasteiger partial charge < -0.3 is 24.2 Å². The van der Waals surface area contributed by atoms with Crippen molar-refractivity contribution in [2.45, 2.75) is 85.4 Å². The summed E-state index contributed by atoms with van der Waals surface area (Å²) in [5.74, 6) is 2.07. The van der Waals surface area contributed by atoms with Gasteiger partial charge in [-0.15, -0.1) is 0 Å². The van der Waals surface area contributed by atoms with Crippen LogP contribution in [0.5, 0.6) is 5.75 Å². The summed E-state index contributed by atoms with van der Waals surface area (Å²) in [4.78, 5) is 16.4. The largest absolute Gasteiger partial charge is 0.493 e. The smallest absolute Gasteiger partial charge is 0.292 e. The van der Waals surface area contributed by atoms with Crippen molar-refractivity contribution in [1.82, 2.24) is 14.6 Å². The lowest BCUT2D eigenvalue weighted by Crippen LogP contribution is -2.45. The normalized spacial score (nSPS) is 16.4. The van der Waals surface area contributed by atoms with E-state index in [1.807, 2.05) is 0 Å². The number of ether oxygens (including phenoxy) is 3. The second-order valence-corrected chi connectivity index (χ2v) is 13.6. The number of rotatable bonds is 2. The average Bonchev–Trinajstić information content (AvgIpc) is 3.47. The van der Waals surface area contributed by atoms with Gasteiger partial charge in [0.1, 0.15) is 11.6 Å². The van der Waals surface area contributed by atoms with Gasteiger partial charge in [0.2, 0.25) is 0 Å². The third-order valence-electron chi connectivity index (χ3n) is 8.29. The van der Waals surface area contributed by atoms with E-state index < -0.39 is 5.60 Å². The number of aryl methyl sites for hydroxylation is 2. The number of anilines is 1. The van der Waals surface area contributed by atoms with Crippen molar-refractivity contribution in [2.24, 2.45) is 0 Å². The number of aromatic nitrogens is 3. The summed E-state index contributed by atoms with van der Waals surface area (Å²) in [6.07, 6.45) is 8.01. The summed E-state index contributed by atoms with van der Waals surface area (Å²) < 4.78 is 18.6. The highest BCUT2D eigenvalue weighted by molar-refractivity contribution is 5.77. The van der Waals surface area contributed by atoms with Gasteiger partial charge in [0, 0.05) is 41.5 Å². The summed E-state index contributed by atoms with van der Waals surface area (Å²) in [5, 5.41) is 13.7. The van der Waals surface area contributed by atoms with Crippen LogP contribution in [0.2, 0.25) is 0 Å². The lowest BCUT2D eigenvalue weighted by atomic mass is 9.93. The first-order valence-corrected chi connectivity index (χ1v) is 16.8. The predicted octanol–water partition coefficient (Wildman–Crippen LogP) is 7.52. The number of carbonyl (C=O) groups excluding carboxylic acids is 1. The van der Waals surface area contributed by atoms with Crippen molar-refractivity contribution >= 4 is 17.9 Å². The van der Waals surface area contributed by atoms with Crippen LogP contribution in [0.4, 0.5) is 5.82 Å². The Labute approximate surface area is 285 Å². The molecule has 2 aromatic heterocycles. The van der Waals surface area contributed by atoms with E-state index in [1.54, 1.807) is 20.8 Å². The van der Waals surface area contributed by atoms with Crippen LogP contribution in [0.25, 0.3) is 28.0 Å². The Hall–Kier alpha value is -4.21. The number of piperidine rings is 1. The third kappa shape index (κ3) is 9.67. The number of fused-ring (bicyclic) bond motifs is 7. The molecule has 5 heterocycles. The molecule has 7 rings (SSSR count). The molecule has 0 amide bonds. The zero-order chi connectivity index (χ0) is 34.9. The molecule has 0 spiro atoms. The summed E-state index contributed by atoms with van der Waals surface area (Å²) in [6.45, 7) is 17.4. The molecule has 2 aromatic carbocycles. The minimum absolute atomic E-state index is 0.127. The fourth-order valence-corrected chi connectivity index (χ4v) is 5.86. The van der Waals surface area contributed by atoms with Crippen molar-refractivity contribution in [2.75, 3.05) is 38.3 Å². The molecule has 6 bridgehead atoms. The van der Waals surface area contributed by atoms with Crippen molar-refractivity contribution < 1.29 is 24.1 Å². The minimum atomic E-state index is -0.500. The number of hydrogen-bond acceptors (Lipinski definition) is 8. The van der Waals surface area contributed by atoms with Crippen LogP contribution < -0.4 is 9.64 Å². The Morgan fingerprint density at radius 3 is 2.40 bits per heavy atom. The van der Waals surface area contributed by atoms with Gasteiger partial charge >= 0.3 is 0 Å². The maximum absolute atomic E-state index is 8.95. The van der Waals surface area contributed by atoms with E-state index in [0.29, 0.717) is 19.7 Å². The molecule has 1 N–H and O–H groups in total. The second-order valence-electron chi connectivity index (χ2n) is 13.6. The Morgan fingerprint density at radius 2 is 1.73 bits per heavy atom. The quantitative estimate of drug-likeness (QED) is 0.175. The molecule has 0 atom stereocenters. The number of aliphatic hydroxyl groups is 1. The van der Waals surface area contributed by atoms with Crippen molar-refractivity contribution in [3.05, 3.63) is 77.5 Å². The van der Waals surface area contributed by atoms with Crippen LogP contribution in [0.15, 0.2) is 60.7 Å². The summed E-state index contributed by atoms with van der Waals surface area (Å²) >= 11 is 0. The summed E-state index contributed by atoms with van der Waals surface area (Å²) in [5.41, 5.74) is 8.03. The van der Waals surface area contributed by atoms with Gasteiger partial charge in [-0.1, -0.05) is 48.9 Å². The van der Waals surface area contributed by atoms with Gasteiger partial charge in [-0.25, -0.2) is 4.98 Å². The zero-order valence-electron chi connectivity index (χ0n) is 29.9. The Morgan fingerprint density at radius 1 is 1.04 bits per heavy atom. The molecule has 48 heavy (non-hydrogen) atoms.